The minimum absolute atomic E-state index is 0.0613. The lowest BCUT2D eigenvalue weighted by Crippen LogP contribution is -2.19. The third-order valence-electron chi connectivity index (χ3n) is 3.86. The van der Waals surface area contributed by atoms with Crippen molar-refractivity contribution in [2.75, 3.05) is 0 Å². The van der Waals surface area contributed by atoms with Gasteiger partial charge >= 0.3 is 18.3 Å². The number of halogens is 10. The van der Waals surface area contributed by atoms with Gasteiger partial charge in [-0.05, 0) is 51.8 Å². The van der Waals surface area contributed by atoms with Crippen LogP contribution < -0.4 is 0 Å². The SMILES string of the molecule is O=C(O)c1ccc(C(F)=CC(c2cc(Cl)c(Br)c(Cl)c2)C(F)(F)F)cc1C(F)(F)F. The van der Waals surface area contributed by atoms with Crippen molar-refractivity contribution >= 4 is 50.9 Å². The summed E-state index contributed by atoms with van der Waals surface area (Å²) in [5.41, 5.74) is -4.29. The zero-order valence-electron chi connectivity index (χ0n) is 14.2. The van der Waals surface area contributed by atoms with E-state index in [1.807, 2.05) is 0 Å². The van der Waals surface area contributed by atoms with E-state index in [0.29, 0.717) is 12.1 Å². The number of benzene rings is 2. The molecule has 0 radical (unpaired) electrons. The Morgan fingerprint density at radius 2 is 1.57 bits per heavy atom. The molecule has 2 nitrogen and oxygen atoms in total. The summed E-state index contributed by atoms with van der Waals surface area (Å²) in [5.74, 6) is -6.16. The fourth-order valence-electron chi connectivity index (χ4n) is 2.49. The smallest absolute Gasteiger partial charge is 0.417 e. The van der Waals surface area contributed by atoms with E-state index in [1.165, 1.54) is 0 Å². The highest BCUT2D eigenvalue weighted by atomic mass is 79.9. The first-order valence-corrected chi connectivity index (χ1v) is 9.21. The molecule has 2 aromatic carbocycles. The summed E-state index contributed by atoms with van der Waals surface area (Å²) < 4.78 is 94.4. The average Bonchev–Trinajstić information content (AvgIpc) is 2.61. The van der Waals surface area contributed by atoms with Gasteiger partial charge in [0, 0.05) is 5.56 Å². The predicted octanol–water partition coefficient (Wildman–Crippen LogP) is 8.13. The maximum atomic E-state index is 14.6. The summed E-state index contributed by atoms with van der Waals surface area (Å²) in [5, 5.41) is 8.47. The highest BCUT2D eigenvalue weighted by molar-refractivity contribution is 9.10. The molecule has 2 aromatic rings. The number of rotatable bonds is 4. The molecule has 1 atom stereocenters. The predicted molar refractivity (Wildman–Crippen MR) is 100 cm³/mol. The molecule has 1 unspecified atom stereocenters. The van der Waals surface area contributed by atoms with Gasteiger partial charge in [0.25, 0.3) is 0 Å². The fraction of sp³-hybridized carbons (Fsp3) is 0.167. The third-order valence-corrected chi connectivity index (χ3v) is 5.77. The van der Waals surface area contributed by atoms with Crippen LogP contribution in [0.3, 0.4) is 0 Å². The van der Waals surface area contributed by atoms with Crippen LogP contribution in [-0.4, -0.2) is 17.3 Å². The topological polar surface area (TPSA) is 37.3 Å². The van der Waals surface area contributed by atoms with Gasteiger partial charge in [-0.15, -0.1) is 0 Å². The molecular formula is C18H8BrCl2F7O2. The molecule has 162 valence electrons. The molecule has 1 N–H and O–H groups in total. The molecule has 0 amide bonds. The number of carboxylic acids is 1. The molecule has 0 aliphatic heterocycles. The van der Waals surface area contributed by atoms with E-state index in [2.05, 4.69) is 15.9 Å². The van der Waals surface area contributed by atoms with Gasteiger partial charge in [-0.3, -0.25) is 0 Å². The van der Waals surface area contributed by atoms with Crippen LogP contribution in [0.5, 0.6) is 0 Å². The molecule has 0 saturated heterocycles. The summed E-state index contributed by atoms with van der Waals surface area (Å²) in [6.45, 7) is 0. The quantitative estimate of drug-likeness (QED) is 0.314. The van der Waals surface area contributed by atoms with Crippen LogP contribution in [0.15, 0.2) is 40.9 Å². The van der Waals surface area contributed by atoms with Crippen LogP contribution in [0.1, 0.15) is 33.0 Å². The molecule has 12 heteroatoms. The lowest BCUT2D eigenvalue weighted by atomic mass is 9.95. The molecule has 2 rings (SSSR count). The molecule has 0 aliphatic carbocycles. The molecule has 0 spiro atoms. The van der Waals surface area contributed by atoms with Crippen molar-refractivity contribution in [3.05, 3.63) is 73.2 Å². The Morgan fingerprint density at radius 3 is 2.00 bits per heavy atom. The Labute approximate surface area is 183 Å². The molecule has 0 saturated carbocycles. The number of allylic oxidation sites excluding steroid dienone is 1. The summed E-state index contributed by atoms with van der Waals surface area (Å²) in [7, 11) is 0. The lowest BCUT2D eigenvalue weighted by molar-refractivity contribution is -0.140. The highest BCUT2D eigenvalue weighted by Crippen LogP contribution is 2.42. The summed E-state index contributed by atoms with van der Waals surface area (Å²) >= 11 is 14.5. The van der Waals surface area contributed by atoms with Crippen LogP contribution in [0.4, 0.5) is 30.7 Å². The van der Waals surface area contributed by atoms with Crippen molar-refractivity contribution in [1.29, 1.82) is 0 Å². The van der Waals surface area contributed by atoms with Gasteiger partial charge < -0.3 is 5.11 Å². The number of alkyl halides is 6. The normalized spacial score (nSPS) is 14.0. The number of hydrogen-bond acceptors (Lipinski definition) is 1. The average molecular weight is 540 g/mol. The van der Waals surface area contributed by atoms with Crippen LogP contribution in [0.25, 0.3) is 5.83 Å². The van der Waals surface area contributed by atoms with Gasteiger partial charge in [-0.2, -0.15) is 26.3 Å². The van der Waals surface area contributed by atoms with Gasteiger partial charge in [0.15, 0.2) is 0 Å². The first-order valence-electron chi connectivity index (χ1n) is 7.66. The van der Waals surface area contributed by atoms with Crippen LogP contribution in [0, 0.1) is 0 Å². The number of hydrogen-bond donors (Lipinski definition) is 1. The Hall–Kier alpha value is -1.78. The van der Waals surface area contributed by atoms with Gasteiger partial charge in [0.05, 0.1) is 25.6 Å². The van der Waals surface area contributed by atoms with Gasteiger partial charge in [0.1, 0.15) is 11.7 Å². The molecule has 0 aliphatic rings. The zero-order chi connectivity index (χ0) is 23.0. The molecule has 0 heterocycles. The Balaban J connectivity index is 2.62. The van der Waals surface area contributed by atoms with E-state index < -0.39 is 52.3 Å². The van der Waals surface area contributed by atoms with E-state index in [9.17, 15) is 35.5 Å². The lowest BCUT2D eigenvalue weighted by Gasteiger charge is -2.19. The first-order chi connectivity index (χ1) is 13.6. The largest absolute Gasteiger partial charge is 0.478 e. The molecule has 30 heavy (non-hydrogen) atoms. The van der Waals surface area contributed by atoms with Crippen LogP contribution in [0.2, 0.25) is 10.0 Å². The fourth-order valence-corrected chi connectivity index (χ4v) is 3.22. The zero-order valence-corrected chi connectivity index (χ0v) is 17.3. The summed E-state index contributed by atoms with van der Waals surface area (Å²) in [4.78, 5) is 10.9. The second-order valence-corrected chi connectivity index (χ2v) is 7.50. The van der Waals surface area contributed by atoms with Gasteiger partial charge in [-0.25, -0.2) is 9.18 Å². The van der Waals surface area contributed by atoms with E-state index in [-0.39, 0.29) is 26.7 Å². The Kier molecular flexibility index (Phi) is 7.15. The maximum absolute atomic E-state index is 14.6. The minimum Gasteiger partial charge on any atom is -0.478 e. The van der Waals surface area contributed by atoms with Gasteiger partial charge in [0.2, 0.25) is 0 Å². The first kappa shape index (κ1) is 24.5. The minimum atomic E-state index is -5.17. The van der Waals surface area contributed by atoms with Crippen molar-refractivity contribution in [2.45, 2.75) is 18.3 Å². The maximum Gasteiger partial charge on any atom is 0.417 e. The molecule has 0 bridgehead atoms. The molecule has 0 aromatic heterocycles. The van der Waals surface area contributed by atoms with E-state index in [0.717, 1.165) is 12.1 Å². The van der Waals surface area contributed by atoms with Crippen molar-refractivity contribution < 1.29 is 40.6 Å². The van der Waals surface area contributed by atoms with E-state index in [4.69, 9.17) is 28.3 Å². The van der Waals surface area contributed by atoms with Crippen molar-refractivity contribution in [2.24, 2.45) is 0 Å². The van der Waals surface area contributed by atoms with Crippen LogP contribution >= 0.6 is 39.1 Å². The summed E-state index contributed by atoms with van der Waals surface area (Å²) in [6, 6.07) is 3.00. The summed E-state index contributed by atoms with van der Waals surface area (Å²) in [6.07, 6.45) is -10.1. The monoisotopic (exact) mass is 538 g/mol. The van der Waals surface area contributed by atoms with Crippen molar-refractivity contribution in [3.63, 3.8) is 0 Å². The van der Waals surface area contributed by atoms with Crippen LogP contribution in [-0.2, 0) is 6.18 Å². The number of carboxylic acid groups (broad SMARTS) is 1. The highest BCUT2D eigenvalue weighted by Gasteiger charge is 2.41. The number of aromatic carboxylic acids is 1. The standard InChI is InChI=1S/C18H8BrCl2F7O2/c19-15-12(20)4-8(5-13(15)21)10(17(23,24)25)6-14(22)7-1-2-9(16(29)30)11(3-7)18(26,27)28/h1-6,10H,(H,29,30). The molecule has 0 fully saturated rings. The molecular weight excluding hydrogens is 532 g/mol. The third kappa shape index (κ3) is 5.47. The van der Waals surface area contributed by atoms with E-state index in [1.54, 1.807) is 0 Å². The number of carbonyl (C=O) groups is 1. The Morgan fingerprint density at radius 1 is 1.03 bits per heavy atom. The second kappa shape index (κ2) is 8.76. The van der Waals surface area contributed by atoms with Gasteiger partial charge in [-0.1, -0.05) is 29.3 Å². The second-order valence-electron chi connectivity index (χ2n) is 5.90. The van der Waals surface area contributed by atoms with Crippen molar-refractivity contribution in [1.82, 2.24) is 0 Å². The van der Waals surface area contributed by atoms with Crippen molar-refractivity contribution in [3.8, 4) is 0 Å². The van der Waals surface area contributed by atoms with E-state index >= 15 is 0 Å². The Bertz CT molecular complexity index is 994.